The Balaban J connectivity index is 0.000000182. The van der Waals surface area contributed by atoms with Crippen molar-refractivity contribution in [2.45, 2.75) is 0 Å². The number of rotatable bonds is 9. The molecule has 0 bridgehead atoms. The lowest BCUT2D eigenvalue weighted by molar-refractivity contribution is 0.0695. The van der Waals surface area contributed by atoms with E-state index in [0.29, 0.717) is 104 Å². The molecule has 2 saturated heterocycles. The molecular formula is C42H42Cl2F2N12O5. The van der Waals surface area contributed by atoms with E-state index in [1.807, 2.05) is 21.9 Å². The molecule has 0 aliphatic carbocycles. The maximum Gasteiger partial charge on any atom is 0.341 e. The molecule has 21 heteroatoms. The van der Waals surface area contributed by atoms with Crippen molar-refractivity contribution < 1.29 is 33.0 Å². The number of nitrogen functional groups attached to an aromatic ring is 3. The fourth-order valence-corrected chi connectivity index (χ4v) is 6.29. The van der Waals surface area contributed by atoms with Crippen LogP contribution in [0.5, 0.6) is 0 Å². The van der Waals surface area contributed by atoms with Crippen LogP contribution in [0.3, 0.4) is 0 Å². The second-order valence-corrected chi connectivity index (χ2v) is 14.4. The van der Waals surface area contributed by atoms with Gasteiger partial charge in [-0.15, -0.1) is 0 Å². The highest BCUT2D eigenvalue weighted by atomic mass is 35.5. The topological polar surface area (TPSA) is 245 Å². The van der Waals surface area contributed by atoms with Gasteiger partial charge in [-0.3, -0.25) is 4.79 Å². The van der Waals surface area contributed by atoms with Gasteiger partial charge in [0.2, 0.25) is 11.9 Å². The Morgan fingerprint density at radius 2 is 1.06 bits per heavy atom. The van der Waals surface area contributed by atoms with E-state index in [-0.39, 0.29) is 33.4 Å². The van der Waals surface area contributed by atoms with Gasteiger partial charge in [0.05, 0.1) is 59.2 Å². The number of halogens is 4. The van der Waals surface area contributed by atoms with Gasteiger partial charge in [-0.05, 0) is 60.7 Å². The van der Waals surface area contributed by atoms with Crippen molar-refractivity contribution in [3.05, 3.63) is 130 Å². The Morgan fingerprint density at radius 3 is 1.49 bits per heavy atom. The number of nitrogens with two attached hydrogens (primary N) is 3. The number of nitrogens with one attached hydrogen (secondary N) is 3. The minimum absolute atomic E-state index is 0.0135. The summed E-state index contributed by atoms with van der Waals surface area (Å²) in [5.74, 6) is -1.31. The molecule has 2 fully saturated rings. The van der Waals surface area contributed by atoms with Crippen molar-refractivity contribution in [3.63, 3.8) is 0 Å². The number of aromatic nitrogens is 4. The molecule has 2 aromatic heterocycles. The van der Waals surface area contributed by atoms with Crippen molar-refractivity contribution in [1.29, 1.82) is 0 Å². The molecule has 63 heavy (non-hydrogen) atoms. The molecule has 4 aromatic carbocycles. The predicted molar refractivity (Wildman–Crippen MR) is 241 cm³/mol. The first kappa shape index (κ1) is 45.5. The number of para-hydroxylation sites is 4. The van der Waals surface area contributed by atoms with Gasteiger partial charge >= 0.3 is 5.97 Å². The average molecular weight is 904 g/mol. The number of carbonyl (C=O) groups excluding carboxylic acids is 1. The van der Waals surface area contributed by atoms with Crippen LogP contribution in [-0.2, 0) is 9.47 Å². The summed E-state index contributed by atoms with van der Waals surface area (Å²) < 4.78 is 37.3. The molecule has 0 unspecified atom stereocenters. The smallest absolute Gasteiger partial charge is 0.341 e. The summed E-state index contributed by atoms with van der Waals surface area (Å²) in [7, 11) is 0. The van der Waals surface area contributed by atoms with Crippen molar-refractivity contribution in [1.82, 2.24) is 19.9 Å². The molecule has 0 saturated carbocycles. The number of hydrogen-bond acceptors (Lipinski definition) is 15. The first-order valence-electron chi connectivity index (χ1n) is 19.2. The Hall–Kier alpha value is -7.06. The zero-order chi connectivity index (χ0) is 44.9. The third kappa shape index (κ3) is 12.5. The van der Waals surface area contributed by atoms with E-state index >= 15 is 0 Å². The number of carboxylic acid groups (broad SMARTS) is 1. The van der Waals surface area contributed by atoms with E-state index in [1.165, 1.54) is 48.8 Å². The minimum Gasteiger partial charge on any atom is -0.477 e. The van der Waals surface area contributed by atoms with Crippen LogP contribution >= 0.6 is 23.2 Å². The van der Waals surface area contributed by atoms with Crippen LogP contribution in [0, 0.1) is 11.6 Å². The number of amides is 1. The van der Waals surface area contributed by atoms with Crippen LogP contribution in [0.4, 0.5) is 66.4 Å². The second-order valence-electron chi connectivity index (χ2n) is 13.5. The Bertz CT molecular complexity index is 2530. The molecule has 10 N–H and O–H groups in total. The summed E-state index contributed by atoms with van der Waals surface area (Å²) in [6.45, 7) is 4.27. The quantitative estimate of drug-likeness (QED) is 0.0717. The summed E-state index contributed by atoms with van der Waals surface area (Å²) in [5, 5.41) is 18.0. The third-order valence-electron chi connectivity index (χ3n) is 9.19. The molecule has 4 heterocycles. The molecular weight excluding hydrogens is 861 g/mol. The Labute approximate surface area is 370 Å². The largest absolute Gasteiger partial charge is 0.477 e. The molecule has 328 valence electrons. The second kappa shape index (κ2) is 21.6. The highest BCUT2D eigenvalue weighted by Gasteiger charge is 2.24. The van der Waals surface area contributed by atoms with Gasteiger partial charge in [-0.2, -0.15) is 9.97 Å². The summed E-state index contributed by atoms with van der Waals surface area (Å²) in [6.07, 6.45) is 2.69. The SMILES string of the molecule is Nc1ccccc1N.Nc1ccccc1NC(=O)c1cnc(Nc2ccc(F)c(Cl)c2)nc1N1CCOCC1.O=C(O)c1cnc(Nc2ccc(F)c(Cl)c2)nc1N1CCOCC1. The van der Waals surface area contributed by atoms with Crippen molar-refractivity contribution in [3.8, 4) is 0 Å². The van der Waals surface area contributed by atoms with Crippen molar-refractivity contribution in [2.75, 3.05) is 95.6 Å². The third-order valence-corrected chi connectivity index (χ3v) is 9.77. The number of morpholine rings is 2. The molecule has 0 radical (unpaired) electrons. The molecule has 0 spiro atoms. The number of carboxylic acids is 1. The Kier molecular flexibility index (Phi) is 15.6. The number of ether oxygens (including phenoxy) is 2. The molecule has 2 aliphatic heterocycles. The van der Waals surface area contributed by atoms with Gasteiger partial charge in [0.1, 0.15) is 34.4 Å². The van der Waals surface area contributed by atoms with Crippen LogP contribution in [0.2, 0.25) is 10.0 Å². The molecule has 8 rings (SSSR count). The van der Waals surface area contributed by atoms with Crippen LogP contribution in [-0.4, -0.2) is 89.5 Å². The maximum absolute atomic E-state index is 13.4. The van der Waals surface area contributed by atoms with Crippen molar-refractivity contribution >= 4 is 92.7 Å². The van der Waals surface area contributed by atoms with Gasteiger partial charge in [-0.25, -0.2) is 23.5 Å². The summed E-state index contributed by atoms with van der Waals surface area (Å²) in [5.41, 5.74) is 20.3. The standard InChI is InChI=1S/C21H20ClFN6O2.C15H14ClFN4O3.C6H8N2/c22-15-11-13(5-6-16(15)23)26-21-25-12-14(19(28-21)29-7-9-31-10-8-29)20(30)27-18-4-2-1-3-17(18)24;16-11-7-9(1-2-12(11)17)19-15-18-8-10(14(22)23)13(20-15)21-3-5-24-6-4-21;7-5-3-1-2-4-6(5)8/h1-6,11-12H,7-10,24H2,(H,27,30)(H,25,26,28);1-2,7-8H,3-6H2,(H,22,23)(H,18,19,20);1-4H,7-8H2. The summed E-state index contributed by atoms with van der Waals surface area (Å²) >= 11 is 11.6. The molecule has 17 nitrogen and oxygen atoms in total. The zero-order valence-electron chi connectivity index (χ0n) is 33.4. The van der Waals surface area contributed by atoms with Crippen molar-refractivity contribution in [2.24, 2.45) is 0 Å². The first-order chi connectivity index (χ1) is 30.4. The Morgan fingerprint density at radius 1 is 0.635 bits per heavy atom. The van der Waals surface area contributed by atoms with E-state index in [1.54, 1.807) is 36.4 Å². The molecule has 1 amide bonds. The van der Waals surface area contributed by atoms with Crippen LogP contribution in [0.15, 0.2) is 97.3 Å². The van der Waals surface area contributed by atoms with Crippen LogP contribution < -0.4 is 43.0 Å². The van der Waals surface area contributed by atoms with E-state index in [2.05, 4.69) is 35.9 Å². The lowest BCUT2D eigenvalue weighted by atomic mass is 10.2. The first-order valence-corrected chi connectivity index (χ1v) is 19.9. The number of anilines is 10. The fourth-order valence-electron chi connectivity index (χ4n) is 5.93. The maximum atomic E-state index is 13.4. The van der Waals surface area contributed by atoms with E-state index < -0.39 is 17.6 Å². The van der Waals surface area contributed by atoms with E-state index in [4.69, 9.17) is 49.9 Å². The lowest BCUT2D eigenvalue weighted by Gasteiger charge is -2.29. The average Bonchev–Trinajstić information content (AvgIpc) is 3.29. The monoisotopic (exact) mass is 902 g/mol. The lowest BCUT2D eigenvalue weighted by Crippen LogP contribution is -2.38. The van der Waals surface area contributed by atoms with Crippen LogP contribution in [0.1, 0.15) is 20.7 Å². The minimum atomic E-state index is -1.10. The number of hydrogen-bond donors (Lipinski definition) is 7. The highest BCUT2D eigenvalue weighted by molar-refractivity contribution is 6.31. The fraction of sp³-hybridized carbons (Fsp3) is 0.190. The number of aromatic carboxylic acids is 1. The van der Waals surface area contributed by atoms with Crippen LogP contribution in [0.25, 0.3) is 0 Å². The number of nitrogens with zero attached hydrogens (tertiary/aromatic N) is 6. The number of carbonyl (C=O) groups is 2. The van der Waals surface area contributed by atoms with Gasteiger partial charge < -0.3 is 57.5 Å². The van der Waals surface area contributed by atoms with Gasteiger partial charge in [0.25, 0.3) is 5.91 Å². The van der Waals surface area contributed by atoms with E-state index in [9.17, 15) is 23.5 Å². The molecule has 2 aliphatic rings. The van der Waals surface area contributed by atoms with Gasteiger partial charge in [-0.1, -0.05) is 47.5 Å². The van der Waals surface area contributed by atoms with Gasteiger partial charge in [0.15, 0.2) is 0 Å². The molecule has 6 aromatic rings. The number of benzene rings is 4. The zero-order valence-corrected chi connectivity index (χ0v) is 34.9. The highest BCUT2D eigenvalue weighted by Crippen LogP contribution is 2.28. The summed E-state index contributed by atoms with van der Waals surface area (Å²) in [6, 6.07) is 22.6. The molecule has 0 atom stereocenters. The van der Waals surface area contributed by atoms with Gasteiger partial charge in [0, 0.05) is 49.9 Å². The normalized spacial score (nSPS) is 13.4. The van der Waals surface area contributed by atoms with E-state index in [0.717, 1.165) is 0 Å². The predicted octanol–water partition coefficient (Wildman–Crippen LogP) is 7.08. The summed E-state index contributed by atoms with van der Waals surface area (Å²) in [4.78, 5) is 45.3.